The van der Waals surface area contributed by atoms with E-state index < -0.39 is 0 Å². The fourth-order valence-electron chi connectivity index (χ4n) is 1.90. The summed E-state index contributed by atoms with van der Waals surface area (Å²) in [4.78, 5) is 0. The lowest BCUT2D eigenvalue weighted by atomic mass is 9.93. The van der Waals surface area contributed by atoms with E-state index in [2.05, 4.69) is 21.2 Å². The molecule has 0 amide bonds. The SMILES string of the molecule is CCNC(CC(C)(C)OC)c1cc(Br)ccc1F. The Hall–Kier alpha value is -0.450. The van der Waals surface area contributed by atoms with Crippen LogP contribution in [0.3, 0.4) is 0 Å². The maximum absolute atomic E-state index is 13.9. The average molecular weight is 318 g/mol. The smallest absolute Gasteiger partial charge is 0.128 e. The summed E-state index contributed by atoms with van der Waals surface area (Å²) in [5.74, 6) is -0.184. The number of hydrogen-bond acceptors (Lipinski definition) is 2. The van der Waals surface area contributed by atoms with Gasteiger partial charge in [0, 0.05) is 23.2 Å². The number of benzene rings is 1. The minimum absolute atomic E-state index is 0.0533. The fraction of sp³-hybridized carbons (Fsp3) is 0.571. The molecule has 0 fully saturated rings. The van der Waals surface area contributed by atoms with Crippen LogP contribution in [-0.4, -0.2) is 19.3 Å². The summed E-state index contributed by atoms with van der Waals surface area (Å²) in [7, 11) is 1.68. The lowest BCUT2D eigenvalue weighted by molar-refractivity contribution is 0.00671. The van der Waals surface area contributed by atoms with Gasteiger partial charge in [0.2, 0.25) is 0 Å². The Balaban J connectivity index is 3.00. The number of rotatable bonds is 6. The van der Waals surface area contributed by atoms with Gasteiger partial charge in [-0.3, -0.25) is 0 Å². The van der Waals surface area contributed by atoms with Crippen molar-refractivity contribution in [1.29, 1.82) is 0 Å². The summed E-state index contributed by atoms with van der Waals surface area (Å²) in [6.07, 6.45) is 0.713. The van der Waals surface area contributed by atoms with Crippen molar-refractivity contribution in [2.24, 2.45) is 0 Å². The van der Waals surface area contributed by atoms with E-state index in [1.165, 1.54) is 6.07 Å². The first-order valence-corrected chi connectivity index (χ1v) is 6.92. The molecule has 0 spiro atoms. The van der Waals surface area contributed by atoms with Gasteiger partial charge in [-0.1, -0.05) is 22.9 Å². The van der Waals surface area contributed by atoms with E-state index in [9.17, 15) is 4.39 Å². The van der Waals surface area contributed by atoms with Crippen LogP contribution in [0.1, 0.15) is 38.8 Å². The number of hydrogen-bond donors (Lipinski definition) is 1. The van der Waals surface area contributed by atoms with Gasteiger partial charge in [-0.05, 0) is 45.0 Å². The molecule has 1 N–H and O–H groups in total. The van der Waals surface area contributed by atoms with Crippen molar-refractivity contribution in [3.05, 3.63) is 34.1 Å². The molecular weight excluding hydrogens is 297 g/mol. The molecule has 0 aliphatic carbocycles. The van der Waals surface area contributed by atoms with Gasteiger partial charge in [0.1, 0.15) is 5.82 Å². The third-order valence-corrected chi connectivity index (χ3v) is 3.53. The maximum atomic E-state index is 13.9. The van der Waals surface area contributed by atoms with Gasteiger partial charge in [0.25, 0.3) is 0 Å². The third kappa shape index (κ3) is 4.34. The predicted octanol–water partition coefficient (Wildman–Crippen LogP) is 4.05. The molecule has 0 saturated carbocycles. The molecule has 4 heteroatoms. The Kier molecular flexibility index (Phi) is 5.76. The van der Waals surface area contributed by atoms with Gasteiger partial charge < -0.3 is 10.1 Å². The molecule has 1 rings (SSSR count). The predicted molar refractivity (Wildman–Crippen MR) is 76.2 cm³/mol. The van der Waals surface area contributed by atoms with Crippen LogP contribution in [0.25, 0.3) is 0 Å². The second-order valence-electron chi connectivity index (χ2n) is 4.94. The van der Waals surface area contributed by atoms with Crippen LogP contribution in [0, 0.1) is 5.82 Å². The van der Waals surface area contributed by atoms with Crippen molar-refractivity contribution in [2.45, 2.75) is 38.8 Å². The summed E-state index contributed by atoms with van der Waals surface area (Å²) in [5, 5.41) is 3.32. The monoisotopic (exact) mass is 317 g/mol. The molecule has 0 aromatic heterocycles. The molecule has 0 aliphatic rings. The molecule has 0 bridgehead atoms. The van der Waals surface area contributed by atoms with Gasteiger partial charge in [0.15, 0.2) is 0 Å². The van der Waals surface area contributed by atoms with Crippen molar-refractivity contribution >= 4 is 15.9 Å². The molecule has 1 aromatic rings. The Bertz CT molecular complexity index is 395. The van der Waals surface area contributed by atoms with E-state index in [4.69, 9.17) is 4.74 Å². The highest BCUT2D eigenvalue weighted by Crippen LogP contribution is 2.29. The van der Waals surface area contributed by atoms with E-state index in [0.717, 1.165) is 11.0 Å². The highest BCUT2D eigenvalue weighted by molar-refractivity contribution is 9.10. The molecular formula is C14H21BrFNO. The zero-order valence-corrected chi connectivity index (χ0v) is 13.0. The standard InChI is InChI=1S/C14H21BrFNO/c1-5-17-13(9-14(2,3)18-4)11-8-10(15)6-7-12(11)16/h6-8,13,17H,5,9H2,1-4H3. The quantitative estimate of drug-likeness (QED) is 0.854. The lowest BCUT2D eigenvalue weighted by Gasteiger charge is -2.29. The largest absolute Gasteiger partial charge is 0.379 e. The maximum Gasteiger partial charge on any atom is 0.128 e. The first-order valence-electron chi connectivity index (χ1n) is 6.13. The molecule has 1 aromatic carbocycles. The van der Waals surface area contributed by atoms with Gasteiger partial charge in [-0.25, -0.2) is 4.39 Å². The van der Waals surface area contributed by atoms with E-state index in [0.29, 0.717) is 12.0 Å². The van der Waals surface area contributed by atoms with Gasteiger partial charge >= 0.3 is 0 Å². The van der Waals surface area contributed by atoms with Crippen LogP contribution in [-0.2, 0) is 4.74 Å². The molecule has 1 atom stereocenters. The molecule has 0 saturated heterocycles. The van der Waals surface area contributed by atoms with Gasteiger partial charge in [0.05, 0.1) is 5.60 Å². The van der Waals surface area contributed by atoms with Crippen LogP contribution in [0.5, 0.6) is 0 Å². The van der Waals surface area contributed by atoms with Crippen molar-refractivity contribution in [3.8, 4) is 0 Å². The Morgan fingerprint density at radius 2 is 2.11 bits per heavy atom. The minimum Gasteiger partial charge on any atom is -0.379 e. The van der Waals surface area contributed by atoms with E-state index in [1.807, 2.05) is 26.8 Å². The first-order chi connectivity index (χ1) is 8.39. The zero-order chi connectivity index (χ0) is 13.8. The molecule has 18 heavy (non-hydrogen) atoms. The topological polar surface area (TPSA) is 21.3 Å². The van der Waals surface area contributed by atoms with Crippen LogP contribution in [0.4, 0.5) is 4.39 Å². The summed E-state index contributed by atoms with van der Waals surface area (Å²) < 4.78 is 20.2. The van der Waals surface area contributed by atoms with Gasteiger partial charge in [-0.15, -0.1) is 0 Å². The second-order valence-corrected chi connectivity index (χ2v) is 5.86. The van der Waals surface area contributed by atoms with Crippen LogP contribution < -0.4 is 5.32 Å². The summed E-state index contributed by atoms with van der Waals surface area (Å²) in [6, 6.07) is 4.98. The Labute approximate surface area is 117 Å². The van der Waals surface area contributed by atoms with E-state index >= 15 is 0 Å². The lowest BCUT2D eigenvalue weighted by Crippen LogP contribution is -2.32. The highest BCUT2D eigenvalue weighted by Gasteiger charge is 2.25. The molecule has 0 heterocycles. The van der Waals surface area contributed by atoms with E-state index in [-0.39, 0.29) is 17.5 Å². The minimum atomic E-state index is -0.290. The number of halogens is 2. The molecule has 0 aliphatic heterocycles. The Morgan fingerprint density at radius 3 is 2.67 bits per heavy atom. The van der Waals surface area contributed by atoms with Crippen molar-refractivity contribution in [1.82, 2.24) is 5.32 Å². The summed E-state index contributed by atoms with van der Waals surface area (Å²) >= 11 is 3.39. The second kappa shape index (κ2) is 6.64. The molecule has 1 unspecified atom stereocenters. The van der Waals surface area contributed by atoms with Gasteiger partial charge in [-0.2, -0.15) is 0 Å². The number of methoxy groups -OCH3 is 1. The van der Waals surface area contributed by atoms with Crippen LogP contribution in [0.2, 0.25) is 0 Å². The number of nitrogens with one attached hydrogen (secondary N) is 1. The molecule has 0 radical (unpaired) electrons. The fourth-order valence-corrected chi connectivity index (χ4v) is 2.27. The normalized spacial score (nSPS) is 13.7. The highest BCUT2D eigenvalue weighted by atomic mass is 79.9. The number of ether oxygens (including phenoxy) is 1. The van der Waals surface area contributed by atoms with Crippen LogP contribution in [0.15, 0.2) is 22.7 Å². The van der Waals surface area contributed by atoms with Crippen molar-refractivity contribution < 1.29 is 9.13 Å². The summed E-state index contributed by atoms with van der Waals surface area (Å²) in [5.41, 5.74) is 0.387. The third-order valence-electron chi connectivity index (χ3n) is 3.03. The molecule has 102 valence electrons. The summed E-state index contributed by atoms with van der Waals surface area (Å²) in [6.45, 7) is 6.82. The average Bonchev–Trinajstić information content (AvgIpc) is 2.31. The first kappa shape index (κ1) is 15.6. The Morgan fingerprint density at radius 1 is 1.44 bits per heavy atom. The van der Waals surface area contributed by atoms with Crippen LogP contribution >= 0.6 is 15.9 Å². The van der Waals surface area contributed by atoms with Crippen molar-refractivity contribution in [3.63, 3.8) is 0 Å². The molecule has 2 nitrogen and oxygen atoms in total. The van der Waals surface area contributed by atoms with E-state index in [1.54, 1.807) is 13.2 Å². The van der Waals surface area contributed by atoms with Crippen molar-refractivity contribution in [2.75, 3.05) is 13.7 Å². The zero-order valence-electron chi connectivity index (χ0n) is 11.4.